The van der Waals surface area contributed by atoms with Crippen LogP contribution in [0.1, 0.15) is 31.0 Å². The van der Waals surface area contributed by atoms with Crippen LogP contribution < -0.4 is 14.9 Å². The number of nitrogens with zero attached hydrogens (tertiary/aromatic N) is 3. The molecule has 172 valence electrons. The third-order valence-corrected chi connectivity index (χ3v) is 6.21. The van der Waals surface area contributed by atoms with Gasteiger partial charge in [-0.25, -0.2) is 9.79 Å². The molecular formula is C25H21N3O5S. The number of carbonyl (C=O) groups is 1. The van der Waals surface area contributed by atoms with Gasteiger partial charge in [-0.15, -0.1) is 0 Å². The minimum Gasteiger partial charge on any atom is -0.463 e. The number of esters is 1. The molecule has 0 N–H and O–H groups in total. The first-order chi connectivity index (χ1) is 16.4. The summed E-state index contributed by atoms with van der Waals surface area (Å²) in [7, 11) is 0. The number of allylic oxidation sites excluding steroid dienone is 2. The van der Waals surface area contributed by atoms with Crippen molar-refractivity contribution < 1.29 is 14.5 Å². The van der Waals surface area contributed by atoms with E-state index in [1.807, 2.05) is 36.4 Å². The molecule has 9 heteroatoms. The van der Waals surface area contributed by atoms with Crippen molar-refractivity contribution in [2.24, 2.45) is 4.99 Å². The fourth-order valence-corrected chi connectivity index (χ4v) is 4.68. The topological polar surface area (TPSA) is 104 Å². The van der Waals surface area contributed by atoms with Crippen LogP contribution in [0.2, 0.25) is 0 Å². The number of carbonyl (C=O) groups excluding carboxylic acids is 1. The predicted molar refractivity (Wildman–Crippen MR) is 130 cm³/mol. The predicted octanol–water partition coefficient (Wildman–Crippen LogP) is 3.37. The number of ether oxygens (including phenoxy) is 1. The highest BCUT2D eigenvalue weighted by Gasteiger charge is 2.30. The number of hydrogen-bond donors (Lipinski definition) is 0. The lowest BCUT2D eigenvalue weighted by atomic mass is 10.0. The number of non-ortho nitro benzene ring substituents is 1. The second-order valence-corrected chi connectivity index (χ2v) is 8.47. The van der Waals surface area contributed by atoms with Crippen LogP contribution in [-0.4, -0.2) is 22.1 Å². The monoisotopic (exact) mass is 475 g/mol. The zero-order valence-electron chi connectivity index (χ0n) is 18.5. The molecule has 34 heavy (non-hydrogen) atoms. The summed E-state index contributed by atoms with van der Waals surface area (Å²) in [6.07, 6.45) is 5.32. The van der Waals surface area contributed by atoms with Gasteiger partial charge in [0, 0.05) is 12.1 Å². The van der Waals surface area contributed by atoms with Gasteiger partial charge in [-0.1, -0.05) is 53.8 Å². The van der Waals surface area contributed by atoms with Crippen LogP contribution in [0.15, 0.2) is 81.7 Å². The zero-order chi connectivity index (χ0) is 24.2. The number of aromatic nitrogens is 1. The molecule has 0 saturated carbocycles. The van der Waals surface area contributed by atoms with Crippen LogP contribution in [-0.2, 0) is 9.53 Å². The molecule has 3 aromatic rings. The van der Waals surface area contributed by atoms with Crippen LogP contribution in [0.3, 0.4) is 0 Å². The van der Waals surface area contributed by atoms with Gasteiger partial charge in [-0.2, -0.15) is 0 Å². The first-order valence-corrected chi connectivity index (χ1v) is 11.4. The van der Waals surface area contributed by atoms with Crippen molar-refractivity contribution in [1.29, 1.82) is 0 Å². The Balaban J connectivity index is 1.84. The van der Waals surface area contributed by atoms with E-state index in [0.717, 1.165) is 5.56 Å². The van der Waals surface area contributed by atoms with E-state index in [-0.39, 0.29) is 17.9 Å². The highest BCUT2D eigenvalue weighted by Crippen LogP contribution is 2.26. The summed E-state index contributed by atoms with van der Waals surface area (Å²) in [5.74, 6) is -0.517. The van der Waals surface area contributed by atoms with Gasteiger partial charge in [-0.3, -0.25) is 19.5 Å². The Labute approximate surface area is 198 Å². The Hall–Kier alpha value is -4.11. The van der Waals surface area contributed by atoms with Crippen molar-refractivity contribution in [2.45, 2.75) is 19.9 Å². The smallest absolute Gasteiger partial charge is 0.338 e. The molecule has 1 aromatic heterocycles. The van der Waals surface area contributed by atoms with E-state index in [0.29, 0.717) is 26.2 Å². The van der Waals surface area contributed by atoms with Gasteiger partial charge in [-0.05, 0) is 43.2 Å². The molecule has 0 radical (unpaired) electrons. The second kappa shape index (κ2) is 9.80. The molecule has 0 spiro atoms. The van der Waals surface area contributed by atoms with Gasteiger partial charge in [0.15, 0.2) is 4.80 Å². The SMILES string of the molecule is CCOC(=O)C1=C(C)N=c2s/c(=C\c3ccc([N+](=O)[O-])cc3)c(=O)n2C1/C=C/c1ccccc1. The largest absolute Gasteiger partial charge is 0.463 e. The molecule has 2 heterocycles. The molecule has 0 amide bonds. The quantitative estimate of drug-likeness (QED) is 0.309. The number of benzene rings is 2. The molecule has 0 aliphatic carbocycles. The lowest BCUT2D eigenvalue weighted by Crippen LogP contribution is -2.38. The molecular weight excluding hydrogens is 454 g/mol. The van der Waals surface area contributed by atoms with E-state index >= 15 is 0 Å². The van der Waals surface area contributed by atoms with E-state index in [2.05, 4.69) is 4.99 Å². The molecule has 2 aromatic carbocycles. The lowest BCUT2D eigenvalue weighted by molar-refractivity contribution is -0.384. The molecule has 0 fully saturated rings. The van der Waals surface area contributed by atoms with Crippen LogP contribution in [0.5, 0.6) is 0 Å². The van der Waals surface area contributed by atoms with Gasteiger partial charge in [0.05, 0.1) is 33.4 Å². The van der Waals surface area contributed by atoms with Crippen molar-refractivity contribution in [3.05, 3.63) is 113 Å². The standard InChI is InChI=1S/C25H21N3O5S/c1-3-33-24(30)22-16(2)26-25-27(20(22)14-11-17-7-5-4-6-8-17)23(29)21(34-25)15-18-9-12-19(13-10-18)28(31)32/h4-15,20H,3H2,1-2H3/b14-11+,21-15-. The maximum Gasteiger partial charge on any atom is 0.338 e. The number of nitro benzene ring substituents is 1. The van der Waals surface area contributed by atoms with Gasteiger partial charge in [0.1, 0.15) is 0 Å². The molecule has 4 rings (SSSR count). The van der Waals surface area contributed by atoms with E-state index in [4.69, 9.17) is 4.74 Å². The Bertz CT molecular complexity index is 1480. The molecule has 0 saturated heterocycles. The molecule has 8 nitrogen and oxygen atoms in total. The van der Waals surface area contributed by atoms with Crippen LogP contribution in [0.4, 0.5) is 5.69 Å². The van der Waals surface area contributed by atoms with E-state index in [9.17, 15) is 19.7 Å². The number of rotatable bonds is 6. The van der Waals surface area contributed by atoms with Crippen LogP contribution in [0, 0.1) is 10.1 Å². The summed E-state index contributed by atoms with van der Waals surface area (Å²) >= 11 is 1.20. The van der Waals surface area contributed by atoms with Crippen LogP contribution >= 0.6 is 11.3 Å². The third kappa shape index (κ3) is 4.65. The maximum atomic E-state index is 13.4. The van der Waals surface area contributed by atoms with Gasteiger partial charge in [0.2, 0.25) is 0 Å². The fraction of sp³-hybridized carbons (Fsp3) is 0.160. The lowest BCUT2D eigenvalue weighted by Gasteiger charge is -2.21. The van der Waals surface area contributed by atoms with Crippen molar-refractivity contribution >= 4 is 35.1 Å². The molecule has 1 unspecified atom stereocenters. The van der Waals surface area contributed by atoms with Crippen molar-refractivity contribution in [2.75, 3.05) is 6.61 Å². The molecule has 0 bridgehead atoms. The minimum absolute atomic E-state index is 0.0284. The summed E-state index contributed by atoms with van der Waals surface area (Å²) in [5, 5.41) is 10.9. The van der Waals surface area contributed by atoms with Crippen LogP contribution in [0.25, 0.3) is 12.2 Å². The van der Waals surface area contributed by atoms with E-state index in [1.54, 1.807) is 38.1 Å². The maximum absolute atomic E-state index is 13.4. The van der Waals surface area contributed by atoms with E-state index in [1.165, 1.54) is 28.0 Å². The molecule has 1 aliphatic heterocycles. The first kappa shape index (κ1) is 23.1. The summed E-state index contributed by atoms with van der Waals surface area (Å²) in [6, 6.07) is 14.8. The first-order valence-electron chi connectivity index (χ1n) is 10.6. The number of fused-ring (bicyclic) bond motifs is 1. The minimum atomic E-state index is -0.686. The average Bonchev–Trinajstić information content (AvgIpc) is 3.12. The Morgan fingerprint density at radius 1 is 1.18 bits per heavy atom. The van der Waals surface area contributed by atoms with Crippen molar-refractivity contribution in [1.82, 2.24) is 4.57 Å². The molecule has 1 atom stereocenters. The second-order valence-electron chi connectivity index (χ2n) is 7.46. The van der Waals surface area contributed by atoms with Gasteiger partial charge < -0.3 is 4.74 Å². The summed E-state index contributed by atoms with van der Waals surface area (Å²) in [5.41, 5.74) is 2.04. The fourth-order valence-electron chi connectivity index (χ4n) is 3.63. The Kier molecular flexibility index (Phi) is 6.65. The number of thiazole rings is 1. The number of hydrogen-bond acceptors (Lipinski definition) is 7. The average molecular weight is 476 g/mol. The highest BCUT2D eigenvalue weighted by atomic mass is 32.1. The normalized spacial score (nSPS) is 15.8. The summed E-state index contributed by atoms with van der Waals surface area (Å²) < 4.78 is 7.15. The summed E-state index contributed by atoms with van der Waals surface area (Å²) in [6.45, 7) is 3.65. The van der Waals surface area contributed by atoms with E-state index < -0.39 is 16.9 Å². The van der Waals surface area contributed by atoms with Gasteiger partial charge >= 0.3 is 5.97 Å². The zero-order valence-corrected chi connectivity index (χ0v) is 19.3. The van der Waals surface area contributed by atoms with Crippen molar-refractivity contribution in [3.8, 4) is 0 Å². The van der Waals surface area contributed by atoms with Crippen molar-refractivity contribution in [3.63, 3.8) is 0 Å². The number of nitro groups is 1. The Morgan fingerprint density at radius 2 is 1.88 bits per heavy atom. The third-order valence-electron chi connectivity index (χ3n) is 5.23. The summed E-state index contributed by atoms with van der Waals surface area (Å²) in [4.78, 5) is 41.6. The molecule has 1 aliphatic rings. The van der Waals surface area contributed by atoms with Gasteiger partial charge in [0.25, 0.3) is 11.2 Å². The highest BCUT2D eigenvalue weighted by molar-refractivity contribution is 7.07. The Morgan fingerprint density at radius 3 is 2.53 bits per heavy atom.